The number of aromatic nitrogens is 4. The highest BCUT2D eigenvalue weighted by Gasteiger charge is 2.22. The summed E-state index contributed by atoms with van der Waals surface area (Å²) in [7, 11) is 0. The number of nitrogens with zero attached hydrogens (tertiary/aromatic N) is 4. The van der Waals surface area contributed by atoms with Crippen LogP contribution in [0.2, 0.25) is 5.15 Å². The predicted molar refractivity (Wildman–Crippen MR) is 111 cm³/mol. The van der Waals surface area contributed by atoms with Crippen molar-refractivity contribution in [1.29, 1.82) is 0 Å². The first kappa shape index (κ1) is 19.2. The number of aryl methyl sites for hydroxylation is 3. The quantitative estimate of drug-likeness (QED) is 0.456. The summed E-state index contributed by atoms with van der Waals surface area (Å²) in [6.07, 6.45) is 3.77. The van der Waals surface area contributed by atoms with Crippen LogP contribution in [0.5, 0.6) is 0 Å². The van der Waals surface area contributed by atoms with Crippen molar-refractivity contribution >= 4 is 23.2 Å². The van der Waals surface area contributed by atoms with Gasteiger partial charge >= 0.3 is 5.97 Å². The summed E-state index contributed by atoms with van der Waals surface area (Å²) in [6.45, 7) is 6.33. The van der Waals surface area contributed by atoms with Gasteiger partial charge in [0, 0.05) is 12.4 Å². The molecular weight excluding hydrogens is 388 g/mol. The molecule has 0 radical (unpaired) electrons. The lowest BCUT2D eigenvalue weighted by atomic mass is 10.1. The van der Waals surface area contributed by atoms with E-state index in [1.165, 1.54) is 5.56 Å². The molecule has 148 valence electrons. The molecule has 29 heavy (non-hydrogen) atoms. The van der Waals surface area contributed by atoms with E-state index in [4.69, 9.17) is 16.3 Å². The van der Waals surface area contributed by atoms with Crippen molar-refractivity contribution < 1.29 is 9.53 Å². The predicted octanol–water partition coefficient (Wildman–Crippen LogP) is 4.51. The first-order chi connectivity index (χ1) is 13.9. The van der Waals surface area contributed by atoms with Crippen LogP contribution in [-0.2, 0) is 17.9 Å². The monoisotopic (exact) mass is 408 g/mol. The number of carbonyl (C=O) groups excluding carboxylic acids is 1. The van der Waals surface area contributed by atoms with Gasteiger partial charge in [0.1, 0.15) is 23.0 Å². The fraction of sp³-hybridized carbons (Fsp3) is 0.227. The molecule has 0 bridgehead atoms. The number of benzene rings is 1. The van der Waals surface area contributed by atoms with Gasteiger partial charge in [-0.2, -0.15) is 5.10 Å². The lowest BCUT2D eigenvalue weighted by Gasteiger charge is -2.05. The van der Waals surface area contributed by atoms with Crippen LogP contribution in [0.4, 0.5) is 0 Å². The summed E-state index contributed by atoms with van der Waals surface area (Å²) in [4.78, 5) is 17.2. The van der Waals surface area contributed by atoms with Crippen molar-refractivity contribution in [3.63, 3.8) is 0 Å². The molecule has 6 nitrogen and oxygen atoms in total. The number of ether oxygens (including phenoxy) is 1. The van der Waals surface area contributed by atoms with Crippen LogP contribution in [0.25, 0.3) is 5.65 Å². The first-order valence-electron chi connectivity index (χ1n) is 9.31. The Morgan fingerprint density at radius 2 is 1.90 bits per heavy atom. The van der Waals surface area contributed by atoms with Crippen molar-refractivity contribution in [2.75, 3.05) is 0 Å². The molecule has 0 N–H and O–H groups in total. The van der Waals surface area contributed by atoms with E-state index < -0.39 is 5.97 Å². The maximum absolute atomic E-state index is 12.7. The van der Waals surface area contributed by atoms with Crippen LogP contribution in [0.15, 0.2) is 48.8 Å². The second-order valence-corrected chi connectivity index (χ2v) is 7.48. The molecule has 0 aliphatic carbocycles. The molecule has 0 fully saturated rings. The van der Waals surface area contributed by atoms with E-state index in [-0.39, 0.29) is 11.8 Å². The SMILES string of the molecule is Cc1ccc(Cn2nc(C)c(C(=O)OCc3cn4cccc(C)c4n3)c2Cl)cc1. The van der Waals surface area contributed by atoms with Gasteiger partial charge < -0.3 is 9.14 Å². The number of rotatable bonds is 5. The largest absolute Gasteiger partial charge is 0.455 e. The lowest BCUT2D eigenvalue weighted by Crippen LogP contribution is -2.07. The van der Waals surface area contributed by atoms with E-state index in [1.807, 2.05) is 67.0 Å². The third-order valence-corrected chi connectivity index (χ3v) is 5.19. The minimum absolute atomic E-state index is 0.0683. The Bertz CT molecular complexity index is 1190. The lowest BCUT2D eigenvalue weighted by molar-refractivity contribution is 0.0467. The zero-order valence-electron chi connectivity index (χ0n) is 16.5. The maximum Gasteiger partial charge on any atom is 0.343 e. The molecule has 0 unspecified atom stereocenters. The van der Waals surface area contributed by atoms with Crippen molar-refractivity contribution in [2.45, 2.75) is 33.9 Å². The topological polar surface area (TPSA) is 61.4 Å². The van der Waals surface area contributed by atoms with Gasteiger partial charge in [0.2, 0.25) is 0 Å². The third kappa shape index (κ3) is 3.89. The van der Waals surface area contributed by atoms with E-state index in [0.717, 1.165) is 16.8 Å². The van der Waals surface area contributed by atoms with Gasteiger partial charge in [0.15, 0.2) is 0 Å². The van der Waals surface area contributed by atoms with Crippen molar-refractivity contribution in [1.82, 2.24) is 19.2 Å². The number of pyridine rings is 1. The van der Waals surface area contributed by atoms with Crippen molar-refractivity contribution in [2.24, 2.45) is 0 Å². The molecule has 0 saturated carbocycles. The Morgan fingerprint density at radius 1 is 1.14 bits per heavy atom. The number of carbonyl (C=O) groups is 1. The summed E-state index contributed by atoms with van der Waals surface area (Å²) < 4.78 is 9.00. The van der Waals surface area contributed by atoms with Gasteiger partial charge in [-0.05, 0) is 38.0 Å². The molecule has 0 aliphatic rings. The first-order valence-corrected chi connectivity index (χ1v) is 9.69. The van der Waals surface area contributed by atoms with Gasteiger partial charge in [-0.1, -0.05) is 47.5 Å². The van der Waals surface area contributed by atoms with Crippen LogP contribution in [-0.4, -0.2) is 25.1 Å². The number of hydrogen-bond acceptors (Lipinski definition) is 4. The van der Waals surface area contributed by atoms with Crippen molar-refractivity contribution in [3.05, 3.63) is 87.6 Å². The van der Waals surface area contributed by atoms with E-state index in [1.54, 1.807) is 11.6 Å². The molecule has 0 amide bonds. The second-order valence-electron chi connectivity index (χ2n) is 7.12. The van der Waals surface area contributed by atoms with Gasteiger partial charge in [-0.15, -0.1) is 0 Å². The maximum atomic E-state index is 12.7. The molecule has 1 aromatic carbocycles. The number of hydrogen-bond donors (Lipinski definition) is 0. The molecule has 4 rings (SSSR count). The fourth-order valence-electron chi connectivity index (χ4n) is 3.24. The molecule has 4 aromatic rings. The summed E-state index contributed by atoms with van der Waals surface area (Å²) in [5.41, 5.74) is 5.65. The summed E-state index contributed by atoms with van der Waals surface area (Å²) in [6, 6.07) is 12.0. The minimum atomic E-state index is -0.503. The van der Waals surface area contributed by atoms with Gasteiger partial charge in [-0.3, -0.25) is 0 Å². The van der Waals surface area contributed by atoms with Crippen LogP contribution in [0.3, 0.4) is 0 Å². The Labute approximate surface area is 173 Å². The smallest absolute Gasteiger partial charge is 0.343 e. The molecular formula is C22H21ClN4O2. The number of fused-ring (bicyclic) bond motifs is 1. The minimum Gasteiger partial charge on any atom is -0.455 e. The van der Waals surface area contributed by atoms with E-state index >= 15 is 0 Å². The molecule has 7 heteroatoms. The zero-order valence-corrected chi connectivity index (χ0v) is 17.3. The normalized spacial score (nSPS) is 11.2. The molecule has 0 atom stereocenters. The van der Waals surface area contributed by atoms with E-state index in [2.05, 4.69) is 10.1 Å². The second kappa shape index (κ2) is 7.72. The average molecular weight is 409 g/mol. The summed E-state index contributed by atoms with van der Waals surface area (Å²) >= 11 is 6.45. The van der Waals surface area contributed by atoms with Gasteiger partial charge in [-0.25, -0.2) is 14.5 Å². The van der Waals surface area contributed by atoms with Crippen LogP contribution >= 0.6 is 11.6 Å². The highest BCUT2D eigenvalue weighted by molar-refractivity contribution is 6.32. The fourth-order valence-corrected chi connectivity index (χ4v) is 3.55. The van der Waals surface area contributed by atoms with E-state index in [0.29, 0.717) is 23.5 Å². The van der Waals surface area contributed by atoms with E-state index in [9.17, 15) is 4.79 Å². The summed E-state index contributed by atoms with van der Waals surface area (Å²) in [5.74, 6) is -0.503. The number of esters is 1. The van der Waals surface area contributed by atoms with Crippen LogP contribution in [0, 0.1) is 20.8 Å². The molecule has 0 spiro atoms. The Morgan fingerprint density at radius 3 is 2.62 bits per heavy atom. The van der Waals surface area contributed by atoms with Crippen molar-refractivity contribution in [3.8, 4) is 0 Å². The third-order valence-electron chi connectivity index (χ3n) is 4.80. The number of halogens is 1. The highest BCUT2D eigenvalue weighted by atomic mass is 35.5. The Kier molecular flexibility index (Phi) is 5.11. The molecule has 3 heterocycles. The Hall–Kier alpha value is -3.12. The number of imidazole rings is 1. The zero-order chi connectivity index (χ0) is 20.5. The van der Waals surface area contributed by atoms with Gasteiger partial charge in [0.05, 0.1) is 17.9 Å². The van der Waals surface area contributed by atoms with Crippen LogP contribution < -0.4 is 0 Å². The van der Waals surface area contributed by atoms with Gasteiger partial charge in [0.25, 0.3) is 0 Å². The van der Waals surface area contributed by atoms with Crippen LogP contribution in [0.1, 0.15) is 38.4 Å². The Balaban J connectivity index is 1.50. The molecule has 3 aromatic heterocycles. The standard InChI is InChI=1S/C22H21ClN4O2/c1-14-6-8-17(9-7-14)11-27-20(23)19(16(3)25-27)22(28)29-13-18-12-26-10-4-5-15(2)21(26)24-18/h4-10,12H,11,13H2,1-3H3. The molecule has 0 aliphatic heterocycles. The average Bonchev–Trinajstić information content (AvgIpc) is 3.23. The summed E-state index contributed by atoms with van der Waals surface area (Å²) in [5, 5.41) is 4.69. The molecule has 0 saturated heterocycles. The highest BCUT2D eigenvalue weighted by Crippen LogP contribution is 2.22.